The lowest BCUT2D eigenvalue weighted by Gasteiger charge is -2.37. The molecule has 8 nitrogen and oxygen atoms in total. The van der Waals surface area contributed by atoms with Gasteiger partial charge in [-0.25, -0.2) is 4.98 Å². The van der Waals surface area contributed by atoms with Crippen LogP contribution in [0, 0.1) is 39.4 Å². The molecule has 30 heavy (non-hydrogen) atoms. The van der Waals surface area contributed by atoms with Gasteiger partial charge in [0.15, 0.2) is 0 Å². The Morgan fingerprint density at radius 1 is 1.37 bits per heavy atom. The van der Waals surface area contributed by atoms with Crippen LogP contribution >= 0.6 is 0 Å². The van der Waals surface area contributed by atoms with Crippen molar-refractivity contribution in [1.82, 2.24) is 9.88 Å². The van der Waals surface area contributed by atoms with E-state index in [4.69, 9.17) is 22.0 Å². The number of piperidine rings is 1. The summed E-state index contributed by atoms with van der Waals surface area (Å²) in [6.45, 7) is 1.19. The maximum Gasteiger partial charge on any atom is 0.212 e. The third-order valence-electron chi connectivity index (χ3n) is 5.42. The number of benzene rings is 1. The SMILES string of the molecule is CN(C=N)C(=N)C1CCN(c2c(C#N)cc(N)c(C=N)c2-c2ccc(F)nc2)CC1. The molecule has 1 aliphatic heterocycles. The average molecular weight is 406 g/mol. The molecule has 0 bridgehead atoms. The lowest BCUT2D eigenvalue weighted by molar-refractivity contribution is 0.473. The number of nitrogens with two attached hydrogens (primary N) is 1. The number of hydrogen-bond donors (Lipinski definition) is 4. The lowest BCUT2D eigenvalue weighted by atomic mass is 9.90. The van der Waals surface area contributed by atoms with Crippen LogP contribution in [0.2, 0.25) is 0 Å². The predicted molar refractivity (Wildman–Crippen MR) is 116 cm³/mol. The molecule has 0 radical (unpaired) electrons. The minimum Gasteiger partial charge on any atom is -0.398 e. The molecule has 2 heterocycles. The summed E-state index contributed by atoms with van der Waals surface area (Å²) in [5.74, 6) is -0.202. The first-order valence-electron chi connectivity index (χ1n) is 9.47. The molecule has 1 saturated heterocycles. The predicted octanol–water partition coefficient (Wildman–Crippen LogP) is 3.07. The Bertz CT molecular complexity index is 1020. The summed E-state index contributed by atoms with van der Waals surface area (Å²) in [7, 11) is 1.69. The van der Waals surface area contributed by atoms with E-state index in [2.05, 4.69) is 16.0 Å². The van der Waals surface area contributed by atoms with Gasteiger partial charge in [-0.15, -0.1) is 0 Å². The van der Waals surface area contributed by atoms with Crippen LogP contribution < -0.4 is 10.6 Å². The highest BCUT2D eigenvalue weighted by Gasteiger charge is 2.28. The Morgan fingerprint density at radius 2 is 2.07 bits per heavy atom. The molecular weight excluding hydrogens is 383 g/mol. The van der Waals surface area contributed by atoms with Gasteiger partial charge in [0.25, 0.3) is 0 Å². The number of aromatic nitrogens is 1. The first-order valence-corrected chi connectivity index (χ1v) is 9.47. The third kappa shape index (κ3) is 3.85. The Balaban J connectivity index is 2.05. The monoisotopic (exact) mass is 406 g/mol. The molecular formula is C21H23FN8. The summed E-state index contributed by atoms with van der Waals surface area (Å²) < 4.78 is 13.4. The van der Waals surface area contributed by atoms with Gasteiger partial charge in [-0.2, -0.15) is 9.65 Å². The second kappa shape index (κ2) is 8.69. The smallest absolute Gasteiger partial charge is 0.212 e. The largest absolute Gasteiger partial charge is 0.398 e. The first kappa shape index (κ1) is 20.9. The molecule has 154 valence electrons. The number of halogens is 1. The van der Waals surface area contributed by atoms with Crippen molar-refractivity contribution in [2.24, 2.45) is 5.92 Å². The van der Waals surface area contributed by atoms with Gasteiger partial charge < -0.3 is 20.9 Å². The van der Waals surface area contributed by atoms with Gasteiger partial charge >= 0.3 is 0 Å². The summed E-state index contributed by atoms with van der Waals surface area (Å²) >= 11 is 0. The summed E-state index contributed by atoms with van der Waals surface area (Å²) in [6, 6.07) is 6.56. The van der Waals surface area contributed by atoms with E-state index in [1.54, 1.807) is 19.2 Å². The number of pyridine rings is 1. The quantitative estimate of drug-likeness (QED) is 0.261. The normalized spacial score (nSPS) is 14.1. The molecule has 0 unspecified atom stereocenters. The highest BCUT2D eigenvalue weighted by molar-refractivity contribution is 6.02. The first-order chi connectivity index (χ1) is 14.4. The second-order valence-corrected chi connectivity index (χ2v) is 7.16. The van der Waals surface area contributed by atoms with Gasteiger partial charge in [-0.05, 0) is 31.0 Å². The number of anilines is 2. The zero-order valence-corrected chi connectivity index (χ0v) is 16.6. The van der Waals surface area contributed by atoms with E-state index in [9.17, 15) is 9.65 Å². The van der Waals surface area contributed by atoms with Crippen LogP contribution in [0.15, 0.2) is 24.4 Å². The van der Waals surface area contributed by atoms with Gasteiger partial charge in [0.1, 0.15) is 11.9 Å². The fourth-order valence-electron chi connectivity index (χ4n) is 3.83. The Morgan fingerprint density at radius 3 is 2.60 bits per heavy atom. The highest BCUT2D eigenvalue weighted by atomic mass is 19.1. The molecule has 2 aromatic rings. The zero-order valence-electron chi connectivity index (χ0n) is 16.6. The van der Waals surface area contributed by atoms with Crippen LogP contribution in [0.1, 0.15) is 24.0 Å². The number of nitriles is 1. The van der Waals surface area contributed by atoms with E-state index in [0.717, 1.165) is 12.6 Å². The summed E-state index contributed by atoms with van der Waals surface area (Å²) in [6.07, 6.45) is 5.02. The van der Waals surface area contributed by atoms with Gasteiger partial charge in [0.2, 0.25) is 5.95 Å². The molecule has 0 spiro atoms. The maximum absolute atomic E-state index is 13.4. The van der Waals surface area contributed by atoms with Crippen LogP contribution in [-0.2, 0) is 0 Å². The van der Waals surface area contributed by atoms with E-state index in [1.165, 1.54) is 17.2 Å². The number of rotatable bonds is 5. The van der Waals surface area contributed by atoms with Crippen molar-refractivity contribution in [3.63, 3.8) is 0 Å². The summed E-state index contributed by atoms with van der Waals surface area (Å²) in [4.78, 5) is 7.27. The van der Waals surface area contributed by atoms with Gasteiger partial charge in [-0.3, -0.25) is 10.8 Å². The summed E-state index contributed by atoms with van der Waals surface area (Å²) in [5, 5.41) is 33.2. The molecule has 1 aromatic heterocycles. The highest BCUT2D eigenvalue weighted by Crippen LogP contribution is 2.40. The van der Waals surface area contributed by atoms with Crippen molar-refractivity contribution in [3.05, 3.63) is 41.5 Å². The van der Waals surface area contributed by atoms with Crippen molar-refractivity contribution in [2.75, 3.05) is 30.8 Å². The van der Waals surface area contributed by atoms with Crippen LogP contribution in [0.4, 0.5) is 15.8 Å². The van der Waals surface area contributed by atoms with E-state index >= 15 is 0 Å². The minimum atomic E-state index is -0.615. The molecule has 0 aliphatic carbocycles. The Labute approximate surface area is 174 Å². The van der Waals surface area contributed by atoms with E-state index in [0.29, 0.717) is 65.4 Å². The summed E-state index contributed by atoms with van der Waals surface area (Å²) in [5.41, 5.74) is 9.05. The number of nitrogen functional groups attached to an aromatic ring is 1. The topological polar surface area (TPSA) is 141 Å². The van der Waals surface area contributed by atoms with Crippen LogP contribution in [0.5, 0.6) is 0 Å². The third-order valence-corrected chi connectivity index (χ3v) is 5.42. The second-order valence-electron chi connectivity index (χ2n) is 7.16. The number of hydrogen-bond acceptors (Lipinski definition) is 7. The fourth-order valence-corrected chi connectivity index (χ4v) is 3.83. The fraction of sp³-hybridized carbons (Fsp3) is 0.286. The van der Waals surface area contributed by atoms with E-state index < -0.39 is 5.95 Å². The van der Waals surface area contributed by atoms with Crippen molar-refractivity contribution >= 4 is 29.8 Å². The molecule has 5 N–H and O–H groups in total. The molecule has 1 fully saturated rings. The molecule has 0 amide bonds. The number of nitrogens with zero attached hydrogens (tertiary/aromatic N) is 4. The van der Waals surface area contributed by atoms with Crippen LogP contribution in [-0.4, -0.2) is 48.4 Å². The molecule has 9 heteroatoms. The molecule has 0 atom stereocenters. The molecule has 0 saturated carbocycles. The number of amidine groups is 1. The number of nitrogens with one attached hydrogen (secondary N) is 3. The van der Waals surface area contributed by atoms with Crippen molar-refractivity contribution in [3.8, 4) is 17.2 Å². The van der Waals surface area contributed by atoms with Crippen molar-refractivity contribution < 1.29 is 4.39 Å². The molecule has 1 aliphatic rings. The molecule has 1 aromatic carbocycles. The van der Waals surface area contributed by atoms with Crippen LogP contribution in [0.3, 0.4) is 0 Å². The molecule has 3 rings (SSSR count). The van der Waals surface area contributed by atoms with E-state index in [1.807, 2.05) is 0 Å². The standard InChI is InChI=1S/C21H23FN8/c1-29(12-25)21(27)13-4-6-30(7-5-13)20-15(9-23)8-17(26)16(10-24)19(20)14-2-3-18(22)28-11-14/h2-3,8,10-13,24-25,27H,4-7,26H2,1H3. The van der Waals surface area contributed by atoms with Gasteiger partial charge in [-0.1, -0.05) is 0 Å². The average Bonchev–Trinajstić information content (AvgIpc) is 2.78. The zero-order chi connectivity index (χ0) is 21.8. The van der Waals surface area contributed by atoms with Crippen molar-refractivity contribution in [2.45, 2.75) is 12.8 Å². The van der Waals surface area contributed by atoms with Crippen molar-refractivity contribution in [1.29, 1.82) is 21.5 Å². The van der Waals surface area contributed by atoms with Crippen LogP contribution in [0.25, 0.3) is 11.1 Å². The van der Waals surface area contributed by atoms with Gasteiger partial charge in [0, 0.05) is 60.8 Å². The van der Waals surface area contributed by atoms with Gasteiger partial charge in [0.05, 0.1) is 17.6 Å². The van der Waals surface area contributed by atoms with E-state index in [-0.39, 0.29) is 5.92 Å². The lowest BCUT2D eigenvalue weighted by Crippen LogP contribution is -2.41. The minimum absolute atomic E-state index is 0.0188. The Hall–Kier alpha value is -3.80. The maximum atomic E-state index is 13.4. The Kier molecular flexibility index (Phi) is 6.06.